The number of anilines is 2. The van der Waals surface area contributed by atoms with Gasteiger partial charge in [0.2, 0.25) is 11.7 Å². The molecule has 0 atom stereocenters. The maximum Gasteiger partial charge on any atom is 0.295 e. The monoisotopic (exact) mass is 459 g/mol. The largest absolute Gasteiger partial charge is 0.436 e. The smallest absolute Gasteiger partial charge is 0.295 e. The molecule has 4 heterocycles. The van der Waals surface area contributed by atoms with Gasteiger partial charge in [-0.05, 0) is 42.7 Å². The van der Waals surface area contributed by atoms with Gasteiger partial charge in [0, 0.05) is 42.4 Å². The SMILES string of the molecule is Cc1nc(C)c(C(=O)Nc2nc(-c3ccc4c(c3)CCC(=O)N4Cc3cccnc3)cs2)o1. The number of benzene rings is 1. The van der Waals surface area contributed by atoms with Gasteiger partial charge in [-0.3, -0.25) is 19.9 Å². The maximum absolute atomic E-state index is 12.6. The number of oxazole rings is 1. The summed E-state index contributed by atoms with van der Waals surface area (Å²) in [6, 6.07) is 9.84. The van der Waals surface area contributed by atoms with Crippen LogP contribution in [0.2, 0.25) is 0 Å². The fourth-order valence-electron chi connectivity index (χ4n) is 3.93. The first kappa shape index (κ1) is 21.0. The third-order valence-corrected chi connectivity index (χ3v) is 6.23. The van der Waals surface area contributed by atoms with Gasteiger partial charge >= 0.3 is 0 Å². The van der Waals surface area contributed by atoms with Crippen LogP contribution >= 0.6 is 11.3 Å². The number of aromatic nitrogens is 3. The summed E-state index contributed by atoms with van der Waals surface area (Å²) in [6.45, 7) is 3.92. The van der Waals surface area contributed by atoms with Crippen molar-refractivity contribution in [1.82, 2.24) is 15.0 Å². The zero-order chi connectivity index (χ0) is 22.9. The van der Waals surface area contributed by atoms with Crippen LogP contribution < -0.4 is 10.2 Å². The average molecular weight is 460 g/mol. The second kappa shape index (κ2) is 8.59. The fourth-order valence-corrected chi connectivity index (χ4v) is 4.64. The normalized spacial score (nSPS) is 13.2. The van der Waals surface area contributed by atoms with E-state index in [2.05, 4.69) is 26.3 Å². The van der Waals surface area contributed by atoms with Gasteiger partial charge in [0.25, 0.3) is 5.91 Å². The van der Waals surface area contributed by atoms with E-state index < -0.39 is 0 Å². The molecule has 2 amide bonds. The summed E-state index contributed by atoms with van der Waals surface area (Å²) in [7, 11) is 0. The Balaban J connectivity index is 1.36. The molecule has 0 fully saturated rings. The average Bonchev–Trinajstić information content (AvgIpc) is 3.41. The molecule has 166 valence electrons. The van der Waals surface area contributed by atoms with E-state index in [9.17, 15) is 9.59 Å². The van der Waals surface area contributed by atoms with Gasteiger partial charge < -0.3 is 9.32 Å². The highest BCUT2D eigenvalue weighted by Gasteiger charge is 2.25. The molecule has 5 rings (SSSR count). The van der Waals surface area contributed by atoms with E-state index in [1.165, 1.54) is 11.3 Å². The molecule has 1 aromatic carbocycles. The van der Waals surface area contributed by atoms with Gasteiger partial charge in [0.1, 0.15) is 0 Å². The number of carbonyl (C=O) groups is 2. The zero-order valence-corrected chi connectivity index (χ0v) is 19.0. The van der Waals surface area contributed by atoms with Crippen molar-refractivity contribution in [3.63, 3.8) is 0 Å². The molecule has 1 N–H and O–H groups in total. The van der Waals surface area contributed by atoms with Crippen LogP contribution in [0.4, 0.5) is 10.8 Å². The molecule has 0 aliphatic carbocycles. The molecule has 0 bridgehead atoms. The van der Waals surface area contributed by atoms with Crippen LogP contribution in [0.25, 0.3) is 11.3 Å². The van der Waals surface area contributed by atoms with E-state index in [-0.39, 0.29) is 17.6 Å². The first-order valence-corrected chi connectivity index (χ1v) is 11.4. The Morgan fingerprint density at radius 1 is 1.21 bits per heavy atom. The number of nitrogens with one attached hydrogen (secondary N) is 1. The lowest BCUT2D eigenvalue weighted by atomic mass is 9.97. The molecule has 0 spiro atoms. The van der Waals surface area contributed by atoms with E-state index in [0.29, 0.717) is 36.1 Å². The van der Waals surface area contributed by atoms with Crippen LogP contribution in [-0.2, 0) is 17.8 Å². The Bertz CT molecular complexity index is 1350. The number of fused-ring (bicyclic) bond motifs is 1. The summed E-state index contributed by atoms with van der Waals surface area (Å²) >= 11 is 1.34. The van der Waals surface area contributed by atoms with Crippen molar-refractivity contribution in [3.05, 3.63) is 76.6 Å². The lowest BCUT2D eigenvalue weighted by Gasteiger charge is -2.29. The topological polar surface area (TPSA) is 101 Å². The van der Waals surface area contributed by atoms with Gasteiger partial charge in [0.15, 0.2) is 11.0 Å². The summed E-state index contributed by atoms with van der Waals surface area (Å²) in [6.07, 6.45) is 4.65. The molecule has 0 unspecified atom stereocenters. The quantitative estimate of drug-likeness (QED) is 0.470. The number of amides is 2. The van der Waals surface area contributed by atoms with Crippen LogP contribution in [0.1, 0.15) is 39.7 Å². The predicted molar refractivity (Wildman–Crippen MR) is 125 cm³/mol. The summed E-state index contributed by atoms with van der Waals surface area (Å²) < 4.78 is 5.38. The van der Waals surface area contributed by atoms with Crippen molar-refractivity contribution in [3.8, 4) is 11.3 Å². The third kappa shape index (κ3) is 4.27. The number of nitrogens with zero attached hydrogens (tertiary/aromatic N) is 4. The number of rotatable bonds is 5. The van der Waals surface area contributed by atoms with Crippen LogP contribution in [-0.4, -0.2) is 26.8 Å². The van der Waals surface area contributed by atoms with E-state index in [1.807, 2.05) is 34.5 Å². The summed E-state index contributed by atoms with van der Waals surface area (Å²) in [5.74, 6) is 0.374. The predicted octanol–water partition coefficient (Wildman–Crippen LogP) is 4.54. The van der Waals surface area contributed by atoms with Gasteiger partial charge in [-0.1, -0.05) is 12.1 Å². The van der Waals surface area contributed by atoms with Crippen molar-refractivity contribution >= 4 is 34.0 Å². The third-order valence-electron chi connectivity index (χ3n) is 5.47. The summed E-state index contributed by atoms with van der Waals surface area (Å²) in [5.41, 5.74) is 5.25. The summed E-state index contributed by atoms with van der Waals surface area (Å²) in [4.78, 5) is 39.7. The molecular weight excluding hydrogens is 438 g/mol. The molecule has 1 aliphatic heterocycles. The number of aryl methyl sites for hydroxylation is 3. The molecule has 0 saturated heterocycles. The van der Waals surface area contributed by atoms with Crippen LogP contribution in [0.3, 0.4) is 0 Å². The highest BCUT2D eigenvalue weighted by molar-refractivity contribution is 7.14. The Labute approximate surface area is 194 Å². The maximum atomic E-state index is 12.6. The molecule has 9 heteroatoms. The summed E-state index contributed by atoms with van der Waals surface area (Å²) in [5, 5.41) is 5.16. The van der Waals surface area contributed by atoms with Crippen molar-refractivity contribution in [2.45, 2.75) is 33.2 Å². The standard InChI is InChI=1S/C24H21N5O3S/c1-14-22(32-15(2)26-14)23(31)28-24-27-19(13-33-24)17-5-7-20-18(10-17)6-8-21(30)29(20)12-16-4-3-9-25-11-16/h3-5,7,9-11,13H,6,8,12H2,1-2H3,(H,27,28,31). The number of hydrogen-bond acceptors (Lipinski definition) is 7. The number of pyridine rings is 1. The molecule has 1 aliphatic rings. The number of thiazole rings is 1. The Hall–Kier alpha value is -3.85. The minimum absolute atomic E-state index is 0.107. The van der Waals surface area contributed by atoms with Crippen molar-refractivity contribution in [1.29, 1.82) is 0 Å². The molecule has 8 nitrogen and oxygen atoms in total. The fraction of sp³-hybridized carbons (Fsp3) is 0.208. The second-order valence-corrected chi connectivity index (χ2v) is 8.68. The second-order valence-electron chi connectivity index (χ2n) is 7.82. The zero-order valence-electron chi connectivity index (χ0n) is 18.2. The van der Waals surface area contributed by atoms with Crippen LogP contribution in [0.15, 0.2) is 52.5 Å². The minimum Gasteiger partial charge on any atom is -0.436 e. The number of hydrogen-bond donors (Lipinski definition) is 1. The van der Waals surface area contributed by atoms with E-state index in [0.717, 1.165) is 28.1 Å². The molecule has 3 aromatic heterocycles. The van der Waals surface area contributed by atoms with Gasteiger partial charge in [-0.15, -0.1) is 11.3 Å². The Morgan fingerprint density at radius 2 is 2.09 bits per heavy atom. The molecular formula is C24H21N5O3S. The first-order chi connectivity index (χ1) is 16.0. The highest BCUT2D eigenvalue weighted by atomic mass is 32.1. The van der Waals surface area contributed by atoms with E-state index in [1.54, 1.807) is 26.2 Å². The molecule has 0 saturated carbocycles. The van der Waals surface area contributed by atoms with Crippen molar-refractivity contribution in [2.75, 3.05) is 10.2 Å². The van der Waals surface area contributed by atoms with Gasteiger partial charge in [-0.25, -0.2) is 9.97 Å². The van der Waals surface area contributed by atoms with Gasteiger partial charge in [0.05, 0.1) is 17.9 Å². The van der Waals surface area contributed by atoms with Crippen molar-refractivity contribution < 1.29 is 14.0 Å². The highest BCUT2D eigenvalue weighted by Crippen LogP contribution is 2.34. The Kier molecular flexibility index (Phi) is 5.47. The first-order valence-electron chi connectivity index (χ1n) is 10.5. The Morgan fingerprint density at radius 3 is 2.85 bits per heavy atom. The lowest BCUT2D eigenvalue weighted by molar-refractivity contribution is -0.119. The molecule has 0 radical (unpaired) electrons. The molecule has 33 heavy (non-hydrogen) atoms. The van der Waals surface area contributed by atoms with Crippen LogP contribution in [0.5, 0.6) is 0 Å². The van der Waals surface area contributed by atoms with E-state index in [4.69, 9.17) is 4.42 Å². The minimum atomic E-state index is -0.371. The van der Waals surface area contributed by atoms with Crippen molar-refractivity contribution in [2.24, 2.45) is 0 Å². The van der Waals surface area contributed by atoms with E-state index >= 15 is 0 Å². The molecule has 4 aromatic rings. The number of carbonyl (C=O) groups excluding carboxylic acids is 2. The van der Waals surface area contributed by atoms with Crippen LogP contribution in [0, 0.1) is 13.8 Å². The lowest BCUT2D eigenvalue weighted by Crippen LogP contribution is -2.34. The van der Waals surface area contributed by atoms with Gasteiger partial charge in [-0.2, -0.15) is 0 Å².